The van der Waals surface area contributed by atoms with Crippen LogP contribution in [0.1, 0.15) is 31.4 Å². The molecule has 5 nitrogen and oxygen atoms in total. The minimum atomic E-state index is 0.115. The van der Waals surface area contributed by atoms with E-state index in [1.54, 1.807) is 25.2 Å². The second kappa shape index (κ2) is 6.70. The molecule has 1 N–H and O–H groups in total. The first-order valence-corrected chi connectivity index (χ1v) is 7.20. The van der Waals surface area contributed by atoms with Gasteiger partial charge in [0, 0.05) is 51.7 Å². The van der Waals surface area contributed by atoms with Crippen molar-refractivity contribution in [1.82, 2.24) is 20.1 Å². The van der Waals surface area contributed by atoms with Crippen molar-refractivity contribution < 1.29 is 4.79 Å². The van der Waals surface area contributed by atoms with Gasteiger partial charge in [-0.3, -0.25) is 4.98 Å². The van der Waals surface area contributed by atoms with Crippen LogP contribution in [0.2, 0.25) is 0 Å². The van der Waals surface area contributed by atoms with Gasteiger partial charge in [0.1, 0.15) is 0 Å². The lowest BCUT2D eigenvalue weighted by Gasteiger charge is -2.35. The van der Waals surface area contributed by atoms with Gasteiger partial charge < -0.3 is 15.1 Å². The van der Waals surface area contributed by atoms with Gasteiger partial charge in [0.25, 0.3) is 0 Å². The minimum absolute atomic E-state index is 0.115. The maximum Gasteiger partial charge on any atom is 0.319 e. The van der Waals surface area contributed by atoms with E-state index in [4.69, 9.17) is 0 Å². The molecule has 1 aromatic heterocycles. The molecule has 1 saturated heterocycles. The van der Waals surface area contributed by atoms with Gasteiger partial charge in [0.2, 0.25) is 0 Å². The smallest absolute Gasteiger partial charge is 0.319 e. The van der Waals surface area contributed by atoms with Crippen molar-refractivity contribution in [3.8, 4) is 0 Å². The van der Waals surface area contributed by atoms with E-state index in [-0.39, 0.29) is 6.03 Å². The number of likely N-dealkylation sites (tertiary alicyclic amines) is 1. The number of carbonyl (C=O) groups is 1. The number of piperidine rings is 1. The topological polar surface area (TPSA) is 48.5 Å². The molecule has 2 heterocycles. The molecule has 0 saturated carbocycles. The van der Waals surface area contributed by atoms with Crippen LogP contribution >= 0.6 is 0 Å². The van der Waals surface area contributed by atoms with E-state index in [0.717, 1.165) is 25.9 Å². The molecule has 0 aliphatic carbocycles. The summed E-state index contributed by atoms with van der Waals surface area (Å²) in [7, 11) is 3.61. The molecule has 1 atom stereocenters. The van der Waals surface area contributed by atoms with Crippen LogP contribution in [-0.2, 0) is 0 Å². The highest BCUT2D eigenvalue weighted by atomic mass is 16.2. The fourth-order valence-corrected chi connectivity index (χ4v) is 2.60. The Labute approximate surface area is 121 Å². The summed E-state index contributed by atoms with van der Waals surface area (Å²) in [6.45, 7) is 3.82. The second-order valence-corrected chi connectivity index (χ2v) is 5.61. The van der Waals surface area contributed by atoms with Gasteiger partial charge in [0.05, 0.1) is 0 Å². The Hall–Kier alpha value is -1.62. The molecule has 0 bridgehead atoms. The van der Waals surface area contributed by atoms with Crippen molar-refractivity contribution in [2.75, 3.05) is 27.2 Å². The van der Waals surface area contributed by atoms with Crippen LogP contribution in [0.5, 0.6) is 0 Å². The number of carbonyl (C=O) groups excluding carboxylic acids is 1. The van der Waals surface area contributed by atoms with Gasteiger partial charge in [-0.05, 0) is 31.4 Å². The average Bonchev–Trinajstić information content (AvgIpc) is 2.48. The van der Waals surface area contributed by atoms with Crippen LogP contribution in [0.3, 0.4) is 0 Å². The molecule has 0 aromatic carbocycles. The van der Waals surface area contributed by atoms with E-state index in [2.05, 4.69) is 23.3 Å². The summed E-state index contributed by atoms with van der Waals surface area (Å²) in [4.78, 5) is 19.6. The monoisotopic (exact) mass is 276 g/mol. The second-order valence-electron chi connectivity index (χ2n) is 5.61. The highest BCUT2D eigenvalue weighted by molar-refractivity contribution is 5.73. The normalized spacial score (nSPS) is 17.9. The summed E-state index contributed by atoms with van der Waals surface area (Å²) in [6.07, 6.45) is 5.71. The number of rotatable bonds is 3. The van der Waals surface area contributed by atoms with E-state index in [0.29, 0.717) is 12.1 Å². The predicted octanol–water partition coefficient (Wildman–Crippen LogP) is 1.88. The van der Waals surface area contributed by atoms with E-state index in [1.807, 2.05) is 17.2 Å². The van der Waals surface area contributed by atoms with Gasteiger partial charge in [-0.1, -0.05) is 6.07 Å². The third-order valence-electron chi connectivity index (χ3n) is 3.82. The molecular weight excluding hydrogens is 252 g/mol. The van der Waals surface area contributed by atoms with Gasteiger partial charge in [-0.2, -0.15) is 0 Å². The van der Waals surface area contributed by atoms with E-state index >= 15 is 0 Å². The number of pyridine rings is 1. The van der Waals surface area contributed by atoms with Crippen LogP contribution in [0.25, 0.3) is 0 Å². The van der Waals surface area contributed by atoms with E-state index < -0.39 is 0 Å². The van der Waals surface area contributed by atoms with E-state index in [9.17, 15) is 4.79 Å². The molecule has 0 spiro atoms. The van der Waals surface area contributed by atoms with E-state index in [1.165, 1.54) is 5.56 Å². The number of hydrogen-bond donors (Lipinski definition) is 1. The molecule has 1 fully saturated rings. The molecule has 1 aromatic rings. The summed E-state index contributed by atoms with van der Waals surface area (Å²) in [6, 6.07) is 4.94. The van der Waals surface area contributed by atoms with Crippen molar-refractivity contribution >= 4 is 6.03 Å². The van der Waals surface area contributed by atoms with Crippen LogP contribution in [0, 0.1) is 0 Å². The third-order valence-corrected chi connectivity index (χ3v) is 3.82. The molecule has 1 unspecified atom stereocenters. The zero-order valence-corrected chi connectivity index (χ0v) is 12.5. The lowest BCUT2D eigenvalue weighted by atomic mass is 10.0. The summed E-state index contributed by atoms with van der Waals surface area (Å²) in [5.41, 5.74) is 1.21. The first kappa shape index (κ1) is 14.8. The Balaban J connectivity index is 1.81. The molecule has 2 rings (SSSR count). The van der Waals surface area contributed by atoms with Crippen LogP contribution in [0.15, 0.2) is 24.5 Å². The maximum atomic E-state index is 11.9. The molecule has 2 amide bonds. The first-order valence-electron chi connectivity index (χ1n) is 7.20. The fraction of sp³-hybridized carbons (Fsp3) is 0.600. The van der Waals surface area contributed by atoms with Crippen LogP contribution < -0.4 is 5.32 Å². The number of urea groups is 1. The SMILES string of the molecule is CC(NC1CCN(C(=O)N(C)C)CC1)c1cccnc1. The Bertz CT molecular complexity index is 427. The highest BCUT2D eigenvalue weighted by Crippen LogP contribution is 2.17. The molecule has 20 heavy (non-hydrogen) atoms. The highest BCUT2D eigenvalue weighted by Gasteiger charge is 2.24. The average molecular weight is 276 g/mol. The van der Waals surface area contributed by atoms with Gasteiger partial charge in [-0.25, -0.2) is 4.79 Å². The van der Waals surface area contributed by atoms with Crippen molar-refractivity contribution in [2.24, 2.45) is 0 Å². The van der Waals surface area contributed by atoms with Gasteiger partial charge >= 0.3 is 6.03 Å². The zero-order chi connectivity index (χ0) is 14.5. The number of amides is 2. The molecule has 0 radical (unpaired) electrons. The quantitative estimate of drug-likeness (QED) is 0.917. The number of nitrogens with one attached hydrogen (secondary N) is 1. The summed E-state index contributed by atoms with van der Waals surface area (Å²) in [5.74, 6) is 0. The minimum Gasteiger partial charge on any atom is -0.331 e. The fourth-order valence-electron chi connectivity index (χ4n) is 2.60. The number of hydrogen-bond acceptors (Lipinski definition) is 3. The number of aromatic nitrogens is 1. The largest absolute Gasteiger partial charge is 0.331 e. The lowest BCUT2D eigenvalue weighted by molar-refractivity contribution is 0.151. The lowest BCUT2D eigenvalue weighted by Crippen LogP contribution is -2.48. The Morgan fingerprint density at radius 2 is 2.15 bits per heavy atom. The Morgan fingerprint density at radius 3 is 2.70 bits per heavy atom. The Kier molecular flexibility index (Phi) is 4.95. The van der Waals surface area contributed by atoms with Crippen molar-refractivity contribution in [1.29, 1.82) is 0 Å². The molecule has 5 heteroatoms. The molecular formula is C15H24N4O. The maximum absolute atomic E-state index is 11.9. The molecule has 1 aliphatic heterocycles. The first-order chi connectivity index (χ1) is 9.58. The van der Waals surface area contributed by atoms with Crippen LogP contribution in [0.4, 0.5) is 4.79 Å². The van der Waals surface area contributed by atoms with Crippen molar-refractivity contribution in [3.05, 3.63) is 30.1 Å². The summed E-state index contributed by atoms with van der Waals surface area (Å²) < 4.78 is 0. The summed E-state index contributed by atoms with van der Waals surface area (Å²) in [5, 5.41) is 3.63. The standard InChI is InChI=1S/C15H24N4O/c1-12(13-5-4-8-16-11-13)17-14-6-9-19(10-7-14)15(20)18(2)3/h4-5,8,11-12,14,17H,6-7,9-10H2,1-3H3. The zero-order valence-electron chi connectivity index (χ0n) is 12.5. The van der Waals surface area contributed by atoms with Crippen LogP contribution in [-0.4, -0.2) is 54.0 Å². The van der Waals surface area contributed by atoms with Gasteiger partial charge in [-0.15, -0.1) is 0 Å². The number of nitrogens with zero attached hydrogens (tertiary/aromatic N) is 3. The predicted molar refractivity (Wildman–Crippen MR) is 79.5 cm³/mol. The third kappa shape index (κ3) is 3.70. The Morgan fingerprint density at radius 1 is 1.45 bits per heavy atom. The molecule has 1 aliphatic rings. The molecule has 110 valence electrons. The van der Waals surface area contributed by atoms with Crippen molar-refractivity contribution in [3.63, 3.8) is 0 Å². The van der Waals surface area contributed by atoms with Gasteiger partial charge in [0.15, 0.2) is 0 Å². The summed E-state index contributed by atoms with van der Waals surface area (Å²) >= 11 is 0. The van der Waals surface area contributed by atoms with Crippen molar-refractivity contribution in [2.45, 2.75) is 31.8 Å².